The number of carbonyl (C=O) groups is 3. The number of nitrogens with zero attached hydrogens (tertiary/aromatic N) is 1. The molecule has 2 rings (SSSR count). The van der Waals surface area contributed by atoms with Crippen LogP contribution < -0.4 is 5.32 Å². The molecule has 2 atom stereocenters. The number of nitrogens with one attached hydrogen (secondary N) is 1. The standard InChI is InChI=1S/C14H22N2O4/c1-14(2,3)20-13(19)10-5-4-8-16(10)12(18)9-6-7-11(17)15-9/h9-10H,4-8H2,1-3H3,(H,15,17)/t9-,10-/m1/s1. The first-order valence-corrected chi connectivity index (χ1v) is 7.10. The molecule has 0 radical (unpaired) electrons. The van der Waals surface area contributed by atoms with Gasteiger partial charge in [-0.3, -0.25) is 9.59 Å². The highest BCUT2D eigenvalue weighted by molar-refractivity contribution is 5.93. The van der Waals surface area contributed by atoms with Gasteiger partial charge in [0.05, 0.1) is 0 Å². The number of ether oxygens (including phenoxy) is 1. The third-order valence-electron chi connectivity index (χ3n) is 3.51. The Morgan fingerprint density at radius 3 is 2.55 bits per heavy atom. The van der Waals surface area contributed by atoms with E-state index in [0.29, 0.717) is 25.8 Å². The van der Waals surface area contributed by atoms with Crippen LogP contribution in [-0.2, 0) is 19.1 Å². The average molecular weight is 282 g/mol. The molecule has 2 heterocycles. The smallest absolute Gasteiger partial charge is 0.329 e. The zero-order valence-electron chi connectivity index (χ0n) is 12.3. The number of hydrogen-bond acceptors (Lipinski definition) is 4. The van der Waals surface area contributed by atoms with Crippen molar-refractivity contribution in [2.45, 2.75) is 64.1 Å². The minimum Gasteiger partial charge on any atom is -0.458 e. The summed E-state index contributed by atoms with van der Waals surface area (Å²) in [6.45, 7) is 5.98. The molecule has 2 amide bonds. The summed E-state index contributed by atoms with van der Waals surface area (Å²) in [6, 6.07) is -0.996. The summed E-state index contributed by atoms with van der Waals surface area (Å²) in [7, 11) is 0. The topological polar surface area (TPSA) is 75.7 Å². The maximum absolute atomic E-state index is 12.4. The van der Waals surface area contributed by atoms with Crippen LogP contribution in [0.25, 0.3) is 0 Å². The summed E-state index contributed by atoms with van der Waals surface area (Å²) in [5.74, 6) is -0.617. The fraction of sp³-hybridized carbons (Fsp3) is 0.786. The van der Waals surface area contributed by atoms with Crippen LogP contribution in [0.15, 0.2) is 0 Å². The first-order chi connectivity index (χ1) is 9.28. The molecule has 0 spiro atoms. The molecule has 20 heavy (non-hydrogen) atoms. The molecule has 0 aromatic heterocycles. The molecule has 112 valence electrons. The summed E-state index contributed by atoms with van der Waals surface area (Å²) in [4.78, 5) is 37.3. The summed E-state index contributed by atoms with van der Waals surface area (Å²) >= 11 is 0. The van der Waals surface area contributed by atoms with Gasteiger partial charge in [-0.2, -0.15) is 0 Å². The van der Waals surface area contributed by atoms with E-state index in [9.17, 15) is 14.4 Å². The van der Waals surface area contributed by atoms with E-state index >= 15 is 0 Å². The average Bonchev–Trinajstić information content (AvgIpc) is 2.93. The lowest BCUT2D eigenvalue weighted by molar-refractivity contribution is -0.163. The minimum atomic E-state index is -0.560. The molecular weight excluding hydrogens is 260 g/mol. The Morgan fingerprint density at radius 2 is 2.00 bits per heavy atom. The number of likely N-dealkylation sites (tertiary alicyclic amines) is 1. The van der Waals surface area contributed by atoms with Crippen LogP contribution >= 0.6 is 0 Å². The van der Waals surface area contributed by atoms with Gasteiger partial charge in [-0.15, -0.1) is 0 Å². The van der Waals surface area contributed by atoms with E-state index in [1.165, 1.54) is 0 Å². The molecule has 1 N–H and O–H groups in total. The summed E-state index contributed by atoms with van der Waals surface area (Å²) in [5.41, 5.74) is -0.560. The van der Waals surface area contributed by atoms with Gasteiger partial charge >= 0.3 is 5.97 Å². The van der Waals surface area contributed by atoms with Gasteiger partial charge < -0.3 is 15.0 Å². The summed E-state index contributed by atoms with van der Waals surface area (Å²) in [6.07, 6.45) is 2.30. The van der Waals surface area contributed by atoms with Crippen LogP contribution in [0, 0.1) is 0 Å². The first-order valence-electron chi connectivity index (χ1n) is 7.10. The Morgan fingerprint density at radius 1 is 1.30 bits per heavy atom. The van der Waals surface area contributed by atoms with Crippen LogP contribution in [0.5, 0.6) is 0 Å². The number of esters is 1. The molecule has 0 aromatic rings. The molecule has 0 bridgehead atoms. The first kappa shape index (κ1) is 14.8. The summed E-state index contributed by atoms with van der Waals surface area (Å²) in [5, 5.41) is 2.66. The SMILES string of the molecule is CC(C)(C)OC(=O)[C@H]1CCCN1C(=O)[C@H]1CCC(=O)N1. The van der Waals surface area contributed by atoms with E-state index in [1.807, 2.05) is 20.8 Å². The van der Waals surface area contributed by atoms with Gasteiger partial charge in [0.15, 0.2) is 0 Å². The molecule has 0 saturated carbocycles. The number of rotatable bonds is 2. The van der Waals surface area contributed by atoms with Crippen molar-refractivity contribution < 1.29 is 19.1 Å². The Bertz CT molecular complexity index is 427. The van der Waals surface area contributed by atoms with E-state index in [2.05, 4.69) is 5.32 Å². The van der Waals surface area contributed by atoms with E-state index in [-0.39, 0.29) is 17.8 Å². The predicted molar refractivity (Wildman–Crippen MR) is 71.7 cm³/mol. The Kier molecular flexibility index (Phi) is 4.01. The van der Waals surface area contributed by atoms with E-state index in [0.717, 1.165) is 6.42 Å². The van der Waals surface area contributed by atoms with Gasteiger partial charge in [0, 0.05) is 13.0 Å². The summed E-state index contributed by atoms with van der Waals surface area (Å²) < 4.78 is 5.37. The molecule has 6 heteroatoms. The second-order valence-corrected chi connectivity index (χ2v) is 6.38. The van der Waals surface area contributed by atoms with Crippen molar-refractivity contribution >= 4 is 17.8 Å². The van der Waals surface area contributed by atoms with Gasteiger partial charge in [0.1, 0.15) is 17.7 Å². The molecule has 2 aliphatic heterocycles. The highest BCUT2D eigenvalue weighted by Gasteiger charge is 2.40. The lowest BCUT2D eigenvalue weighted by atomic mass is 10.1. The molecule has 0 aromatic carbocycles. The van der Waals surface area contributed by atoms with Gasteiger partial charge in [0.2, 0.25) is 11.8 Å². The van der Waals surface area contributed by atoms with E-state index < -0.39 is 17.7 Å². The zero-order chi connectivity index (χ0) is 14.9. The van der Waals surface area contributed by atoms with Gasteiger partial charge in [-0.1, -0.05) is 0 Å². The third kappa shape index (κ3) is 3.29. The van der Waals surface area contributed by atoms with Crippen LogP contribution in [-0.4, -0.2) is 46.9 Å². The third-order valence-corrected chi connectivity index (χ3v) is 3.51. The van der Waals surface area contributed by atoms with Gasteiger partial charge in [-0.05, 0) is 40.0 Å². The number of hydrogen-bond donors (Lipinski definition) is 1. The number of carbonyl (C=O) groups excluding carboxylic acids is 3. The zero-order valence-corrected chi connectivity index (χ0v) is 12.3. The van der Waals surface area contributed by atoms with Crippen molar-refractivity contribution in [1.29, 1.82) is 0 Å². The highest BCUT2D eigenvalue weighted by atomic mass is 16.6. The largest absolute Gasteiger partial charge is 0.458 e. The van der Waals surface area contributed by atoms with Crippen molar-refractivity contribution in [3.8, 4) is 0 Å². The normalized spacial score (nSPS) is 26.6. The number of amides is 2. The van der Waals surface area contributed by atoms with Crippen molar-refractivity contribution in [3.63, 3.8) is 0 Å². The lowest BCUT2D eigenvalue weighted by Gasteiger charge is -2.28. The molecule has 2 aliphatic rings. The van der Waals surface area contributed by atoms with Crippen molar-refractivity contribution in [1.82, 2.24) is 10.2 Å². The maximum atomic E-state index is 12.4. The van der Waals surface area contributed by atoms with Crippen LogP contribution in [0.4, 0.5) is 0 Å². The van der Waals surface area contributed by atoms with Crippen LogP contribution in [0.1, 0.15) is 46.5 Å². The van der Waals surface area contributed by atoms with Gasteiger partial charge in [-0.25, -0.2) is 4.79 Å². The lowest BCUT2D eigenvalue weighted by Crippen LogP contribution is -2.50. The van der Waals surface area contributed by atoms with Gasteiger partial charge in [0.25, 0.3) is 0 Å². The van der Waals surface area contributed by atoms with Crippen molar-refractivity contribution in [2.24, 2.45) is 0 Å². The second kappa shape index (κ2) is 5.42. The van der Waals surface area contributed by atoms with E-state index in [4.69, 9.17) is 4.74 Å². The molecule has 2 saturated heterocycles. The predicted octanol–water partition coefficient (Wildman–Crippen LogP) is 0.598. The fourth-order valence-corrected chi connectivity index (χ4v) is 2.64. The minimum absolute atomic E-state index is 0.101. The highest BCUT2D eigenvalue weighted by Crippen LogP contribution is 2.23. The Labute approximate surface area is 118 Å². The van der Waals surface area contributed by atoms with Crippen LogP contribution in [0.2, 0.25) is 0 Å². The fourth-order valence-electron chi connectivity index (χ4n) is 2.64. The molecule has 0 unspecified atom stereocenters. The molecule has 0 aliphatic carbocycles. The Balaban J connectivity index is 2.01. The quantitative estimate of drug-likeness (QED) is 0.752. The van der Waals surface area contributed by atoms with Crippen molar-refractivity contribution in [2.75, 3.05) is 6.54 Å². The van der Waals surface area contributed by atoms with Crippen molar-refractivity contribution in [3.05, 3.63) is 0 Å². The molecule has 2 fully saturated rings. The van der Waals surface area contributed by atoms with Crippen LogP contribution in [0.3, 0.4) is 0 Å². The molecular formula is C14H22N2O4. The maximum Gasteiger partial charge on any atom is 0.329 e. The Hall–Kier alpha value is -1.59. The molecule has 6 nitrogen and oxygen atoms in total. The van der Waals surface area contributed by atoms with E-state index in [1.54, 1.807) is 4.90 Å². The second-order valence-electron chi connectivity index (χ2n) is 6.38. The monoisotopic (exact) mass is 282 g/mol.